The molecule has 5 nitrogen and oxygen atoms in total. The molecule has 4 aromatic rings. The first-order valence-electron chi connectivity index (χ1n) is 10.5. The van der Waals surface area contributed by atoms with Crippen molar-refractivity contribution in [2.75, 3.05) is 9.96 Å². The van der Waals surface area contributed by atoms with Gasteiger partial charge >= 0.3 is 6.09 Å². The van der Waals surface area contributed by atoms with Crippen LogP contribution in [0.1, 0.15) is 17.3 Å². The van der Waals surface area contributed by atoms with Crippen LogP contribution in [0.15, 0.2) is 115 Å². The van der Waals surface area contributed by atoms with Gasteiger partial charge in [0.15, 0.2) is 6.17 Å². The summed E-state index contributed by atoms with van der Waals surface area (Å²) in [5.41, 5.74) is 3.59. The van der Waals surface area contributed by atoms with Crippen molar-refractivity contribution in [2.24, 2.45) is 0 Å². The van der Waals surface area contributed by atoms with Gasteiger partial charge in [-0.2, -0.15) is 5.06 Å². The largest absolute Gasteiger partial charge is 0.489 e. The summed E-state index contributed by atoms with van der Waals surface area (Å²) in [5.74, 6) is 0.764. The average molecular weight is 422 g/mol. The molecule has 1 aliphatic rings. The molecule has 1 fully saturated rings. The van der Waals surface area contributed by atoms with Crippen LogP contribution in [0.5, 0.6) is 5.75 Å². The Bertz CT molecular complexity index is 1170. The lowest BCUT2D eigenvalue weighted by atomic mass is 10.1. The second-order valence-electron chi connectivity index (χ2n) is 7.44. The van der Waals surface area contributed by atoms with E-state index in [1.807, 2.05) is 115 Å². The minimum Gasteiger partial charge on any atom is -0.489 e. The first-order chi connectivity index (χ1) is 15.8. The maximum atomic E-state index is 12.9. The van der Waals surface area contributed by atoms with Gasteiger partial charge in [-0.1, -0.05) is 78.9 Å². The first kappa shape index (κ1) is 19.7. The van der Waals surface area contributed by atoms with Gasteiger partial charge in [-0.25, -0.2) is 9.69 Å². The Hall–Kier alpha value is -4.25. The summed E-state index contributed by atoms with van der Waals surface area (Å²) in [6.45, 7) is 0.498. The molecule has 5 rings (SSSR count). The first-order valence-corrected chi connectivity index (χ1v) is 10.5. The third-order valence-corrected chi connectivity index (χ3v) is 5.31. The molecular weight excluding hydrogens is 400 g/mol. The van der Waals surface area contributed by atoms with Crippen LogP contribution in [0.25, 0.3) is 0 Å². The molecule has 158 valence electrons. The molecule has 0 bridgehead atoms. The number of hydrogen-bond acceptors (Lipinski definition) is 4. The minimum absolute atomic E-state index is 0.422. The number of carbonyl (C=O) groups excluding carboxylic acids is 1. The predicted octanol–water partition coefficient (Wildman–Crippen LogP) is 6.34. The molecule has 0 unspecified atom stereocenters. The van der Waals surface area contributed by atoms with Crippen molar-refractivity contribution in [3.63, 3.8) is 0 Å². The van der Waals surface area contributed by atoms with Crippen LogP contribution in [-0.4, -0.2) is 6.09 Å². The maximum Gasteiger partial charge on any atom is 0.440 e. The number of hydroxylamine groups is 1. The second kappa shape index (κ2) is 8.86. The highest BCUT2D eigenvalue weighted by atomic mass is 16.7. The van der Waals surface area contributed by atoms with E-state index in [1.54, 1.807) is 9.96 Å². The zero-order valence-electron chi connectivity index (χ0n) is 17.4. The average Bonchev–Trinajstić information content (AvgIpc) is 3.22. The number of anilines is 2. The van der Waals surface area contributed by atoms with Gasteiger partial charge in [0.25, 0.3) is 0 Å². The Morgan fingerprint density at radius 1 is 0.688 bits per heavy atom. The normalized spacial score (nSPS) is 15.5. The molecule has 0 aromatic heterocycles. The third-order valence-electron chi connectivity index (χ3n) is 5.31. The number of carbonyl (C=O) groups is 1. The number of nitrogens with zero attached hydrogens (tertiary/aromatic N) is 2. The summed E-state index contributed by atoms with van der Waals surface area (Å²) in [6.07, 6.45) is -0.870. The van der Waals surface area contributed by atoms with E-state index in [1.165, 1.54) is 0 Å². The molecule has 1 atom stereocenters. The zero-order chi connectivity index (χ0) is 21.8. The van der Waals surface area contributed by atoms with Gasteiger partial charge in [0.2, 0.25) is 0 Å². The highest BCUT2D eigenvalue weighted by Crippen LogP contribution is 2.39. The summed E-state index contributed by atoms with van der Waals surface area (Å²) in [4.78, 5) is 20.3. The molecule has 0 N–H and O–H groups in total. The van der Waals surface area contributed by atoms with E-state index in [2.05, 4.69) is 0 Å². The smallest absolute Gasteiger partial charge is 0.440 e. The monoisotopic (exact) mass is 422 g/mol. The van der Waals surface area contributed by atoms with E-state index in [0.29, 0.717) is 6.61 Å². The fourth-order valence-electron chi connectivity index (χ4n) is 3.75. The van der Waals surface area contributed by atoms with Crippen molar-refractivity contribution in [3.8, 4) is 5.75 Å². The van der Waals surface area contributed by atoms with Crippen molar-refractivity contribution >= 4 is 17.5 Å². The molecular formula is C27H22N2O3. The van der Waals surface area contributed by atoms with Crippen LogP contribution >= 0.6 is 0 Å². The molecule has 0 aliphatic carbocycles. The quantitative estimate of drug-likeness (QED) is 0.363. The lowest BCUT2D eigenvalue weighted by Crippen LogP contribution is -2.31. The molecule has 1 saturated heterocycles. The highest BCUT2D eigenvalue weighted by molar-refractivity contribution is 5.92. The van der Waals surface area contributed by atoms with Crippen molar-refractivity contribution in [1.82, 2.24) is 0 Å². The number of amides is 1. The predicted molar refractivity (Wildman–Crippen MR) is 124 cm³/mol. The fourth-order valence-corrected chi connectivity index (χ4v) is 3.75. The summed E-state index contributed by atoms with van der Waals surface area (Å²) in [6, 6.07) is 37.0. The molecule has 5 heteroatoms. The molecule has 32 heavy (non-hydrogen) atoms. The van der Waals surface area contributed by atoms with Gasteiger partial charge in [-0.05, 0) is 47.5 Å². The molecule has 0 radical (unpaired) electrons. The molecule has 4 aromatic carbocycles. The molecule has 1 aliphatic heterocycles. The summed E-state index contributed by atoms with van der Waals surface area (Å²) in [5, 5.41) is 1.65. The Morgan fingerprint density at radius 3 is 1.88 bits per heavy atom. The zero-order valence-corrected chi connectivity index (χ0v) is 17.4. The molecule has 1 heterocycles. The molecule has 1 amide bonds. The van der Waals surface area contributed by atoms with E-state index in [-0.39, 0.29) is 0 Å². The van der Waals surface area contributed by atoms with Gasteiger partial charge < -0.3 is 9.57 Å². The van der Waals surface area contributed by atoms with Gasteiger partial charge in [-0.3, -0.25) is 0 Å². The van der Waals surface area contributed by atoms with Crippen molar-refractivity contribution < 1.29 is 14.4 Å². The molecule has 0 spiro atoms. The lowest BCUT2D eigenvalue weighted by molar-refractivity contribution is 0.164. The van der Waals surface area contributed by atoms with Crippen LogP contribution < -0.4 is 14.7 Å². The van der Waals surface area contributed by atoms with Crippen molar-refractivity contribution in [1.29, 1.82) is 0 Å². The van der Waals surface area contributed by atoms with E-state index in [9.17, 15) is 4.79 Å². The minimum atomic E-state index is -0.449. The van der Waals surface area contributed by atoms with Gasteiger partial charge in [0.05, 0.1) is 5.69 Å². The number of hydrogen-bond donors (Lipinski definition) is 0. The van der Waals surface area contributed by atoms with Gasteiger partial charge in [0.1, 0.15) is 12.4 Å². The van der Waals surface area contributed by atoms with Crippen LogP contribution in [0.4, 0.5) is 16.2 Å². The third kappa shape index (κ3) is 4.01. The molecule has 0 saturated carbocycles. The van der Waals surface area contributed by atoms with Gasteiger partial charge in [0, 0.05) is 5.69 Å². The van der Waals surface area contributed by atoms with E-state index in [4.69, 9.17) is 9.57 Å². The van der Waals surface area contributed by atoms with Crippen molar-refractivity contribution in [3.05, 3.63) is 126 Å². The van der Waals surface area contributed by atoms with Crippen LogP contribution in [0.2, 0.25) is 0 Å². The number of ether oxygens (including phenoxy) is 1. The topological polar surface area (TPSA) is 42.0 Å². The van der Waals surface area contributed by atoms with E-state index >= 15 is 0 Å². The Balaban J connectivity index is 1.45. The standard InChI is InChI=1S/C27H22N2O3/c30-27-28(23-12-6-2-7-13-23)26(29(32-27)24-14-8-3-9-15-24)22-16-18-25(19-17-22)31-20-21-10-4-1-5-11-21/h1-19,26H,20H2/t26-/m1/s1. The van der Waals surface area contributed by atoms with E-state index in [0.717, 1.165) is 28.3 Å². The highest BCUT2D eigenvalue weighted by Gasteiger charge is 2.42. The van der Waals surface area contributed by atoms with Crippen molar-refractivity contribution in [2.45, 2.75) is 12.8 Å². The Labute approximate surface area is 187 Å². The van der Waals surface area contributed by atoms with E-state index < -0.39 is 12.3 Å². The summed E-state index contributed by atoms with van der Waals surface area (Å²) < 4.78 is 5.93. The Kier molecular flexibility index (Phi) is 5.45. The Morgan fingerprint density at radius 2 is 1.25 bits per heavy atom. The fraction of sp³-hybridized carbons (Fsp3) is 0.0741. The number of para-hydroxylation sites is 2. The van der Waals surface area contributed by atoms with Crippen LogP contribution in [-0.2, 0) is 11.4 Å². The SMILES string of the molecule is O=C1ON(c2ccccc2)[C@H](c2ccc(OCc3ccccc3)cc2)N1c1ccccc1. The lowest BCUT2D eigenvalue weighted by Gasteiger charge is -2.27. The van der Waals surface area contributed by atoms with Crippen LogP contribution in [0, 0.1) is 0 Å². The number of benzene rings is 4. The summed E-state index contributed by atoms with van der Waals surface area (Å²) in [7, 11) is 0. The number of rotatable bonds is 6. The summed E-state index contributed by atoms with van der Waals surface area (Å²) >= 11 is 0. The maximum absolute atomic E-state index is 12.9. The second-order valence-corrected chi connectivity index (χ2v) is 7.44. The van der Waals surface area contributed by atoms with Crippen LogP contribution in [0.3, 0.4) is 0 Å². The van der Waals surface area contributed by atoms with Gasteiger partial charge in [-0.15, -0.1) is 0 Å².